The van der Waals surface area contributed by atoms with Crippen molar-refractivity contribution in [3.63, 3.8) is 0 Å². The highest BCUT2D eigenvalue weighted by atomic mass is 35.5. The molecule has 22 heavy (non-hydrogen) atoms. The van der Waals surface area contributed by atoms with Crippen molar-refractivity contribution in [2.24, 2.45) is 0 Å². The normalized spacial score (nSPS) is 10.3. The molecule has 0 saturated carbocycles. The SMILES string of the molecule is CCCNc1ncnc(NCc2ccc(Cl)cc2)c1[N+](=O)[O-]. The van der Waals surface area contributed by atoms with Gasteiger partial charge in [-0.15, -0.1) is 0 Å². The van der Waals surface area contributed by atoms with Crippen LogP contribution in [0.15, 0.2) is 30.6 Å². The molecular formula is C14H16ClN5O2. The van der Waals surface area contributed by atoms with Gasteiger partial charge in [-0.3, -0.25) is 10.1 Å². The fourth-order valence-corrected chi connectivity index (χ4v) is 1.97. The van der Waals surface area contributed by atoms with Gasteiger partial charge < -0.3 is 10.6 Å². The summed E-state index contributed by atoms with van der Waals surface area (Å²) in [6, 6.07) is 7.22. The number of hydrogen-bond donors (Lipinski definition) is 2. The summed E-state index contributed by atoms with van der Waals surface area (Å²) in [5.41, 5.74) is 0.797. The molecule has 0 aliphatic rings. The topological polar surface area (TPSA) is 93.0 Å². The molecule has 0 spiro atoms. The predicted octanol–water partition coefficient (Wildman–Crippen LogP) is 3.47. The Balaban J connectivity index is 2.18. The van der Waals surface area contributed by atoms with Crippen LogP contribution < -0.4 is 10.6 Å². The predicted molar refractivity (Wildman–Crippen MR) is 86.2 cm³/mol. The Morgan fingerprint density at radius 2 is 1.82 bits per heavy atom. The number of aromatic nitrogens is 2. The minimum absolute atomic E-state index is 0.148. The lowest BCUT2D eigenvalue weighted by Crippen LogP contribution is -2.10. The van der Waals surface area contributed by atoms with Gasteiger partial charge in [-0.05, 0) is 24.1 Å². The smallest absolute Gasteiger partial charge is 0.353 e. The Morgan fingerprint density at radius 1 is 1.18 bits per heavy atom. The molecule has 0 bridgehead atoms. The molecule has 0 aliphatic heterocycles. The number of rotatable bonds is 7. The quantitative estimate of drug-likeness (QED) is 0.599. The van der Waals surface area contributed by atoms with Crippen LogP contribution in [0.2, 0.25) is 5.02 Å². The molecule has 0 amide bonds. The van der Waals surface area contributed by atoms with Gasteiger partial charge in [0.25, 0.3) is 0 Å². The average molecular weight is 322 g/mol. The summed E-state index contributed by atoms with van der Waals surface area (Å²) < 4.78 is 0. The standard InChI is InChI=1S/C14H16ClN5O2/c1-2-7-16-13-12(20(21)22)14(19-9-18-13)17-8-10-3-5-11(15)6-4-10/h3-6,9H,2,7-8H2,1H3,(H2,16,17,18,19). The molecular weight excluding hydrogens is 306 g/mol. The van der Waals surface area contributed by atoms with Gasteiger partial charge in [0, 0.05) is 18.1 Å². The second-order valence-electron chi connectivity index (χ2n) is 4.58. The van der Waals surface area contributed by atoms with Crippen molar-refractivity contribution in [3.05, 3.63) is 51.3 Å². The number of benzene rings is 1. The first-order valence-corrected chi connectivity index (χ1v) is 7.21. The van der Waals surface area contributed by atoms with Crippen LogP contribution in [-0.2, 0) is 6.54 Å². The van der Waals surface area contributed by atoms with Crippen molar-refractivity contribution in [3.8, 4) is 0 Å². The van der Waals surface area contributed by atoms with Crippen LogP contribution >= 0.6 is 11.6 Å². The van der Waals surface area contributed by atoms with Crippen molar-refractivity contribution in [2.45, 2.75) is 19.9 Å². The molecule has 0 unspecified atom stereocenters. The maximum absolute atomic E-state index is 11.3. The Hall–Kier alpha value is -2.41. The summed E-state index contributed by atoms with van der Waals surface area (Å²) in [4.78, 5) is 18.7. The molecule has 0 atom stereocenters. The largest absolute Gasteiger partial charge is 0.364 e. The molecule has 0 saturated heterocycles. The number of nitrogens with zero attached hydrogens (tertiary/aromatic N) is 3. The molecule has 1 aromatic carbocycles. The third kappa shape index (κ3) is 4.05. The summed E-state index contributed by atoms with van der Waals surface area (Å²) in [7, 11) is 0. The van der Waals surface area contributed by atoms with Gasteiger partial charge >= 0.3 is 5.69 Å². The number of nitro groups is 1. The van der Waals surface area contributed by atoms with Gasteiger partial charge in [0.2, 0.25) is 11.6 Å². The van der Waals surface area contributed by atoms with E-state index in [0.29, 0.717) is 18.1 Å². The van der Waals surface area contributed by atoms with E-state index in [0.717, 1.165) is 12.0 Å². The number of halogens is 1. The van der Waals surface area contributed by atoms with Crippen molar-refractivity contribution in [2.75, 3.05) is 17.2 Å². The Bertz CT molecular complexity index is 648. The van der Waals surface area contributed by atoms with Crippen molar-refractivity contribution in [1.29, 1.82) is 0 Å². The highest BCUT2D eigenvalue weighted by molar-refractivity contribution is 6.30. The van der Waals surface area contributed by atoms with E-state index in [1.165, 1.54) is 6.33 Å². The number of hydrogen-bond acceptors (Lipinski definition) is 6. The highest BCUT2D eigenvalue weighted by Crippen LogP contribution is 2.29. The van der Waals surface area contributed by atoms with Gasteiger partial charge in [0.1, 0.15) is 6.33 Å². The zero-order chi connectivity index (χ0) is 15.9. The zero-order valence-corrected chi connectivity index (χ0v) is 12.8. The van der Waals surface area contributed by atoms with Crippen LogP contribution in [0, 0.1) is 10.1 Å². The lowest BCUT2D eigenvalue weighted by Gasteiger charge is -2.09. The second kappa shape index (κ2) is 7.56. The van der Waals surface area contributed by atoms with E-state index in [9.17, 15) is 10.1 Å². The van der Waals surface area contributed by atoms with E-state index in [1.54, 1.807) is 12.1 Å². The van der Waals surface area contributed by atoms with E-state index < -0.39 is 4.92 Å². The lowest BCUT2D eigenvalue weighted by atomic mass is 10.2. The van der Waals surface area contributed by atoms with Crippen LogP contribution in [-0.4, -0.2) is 21.4 Å². The fraction of sp³-hybridized carbons (Fsp3) is 0.286. The van der Waals surface area contributed by atoms with Crippen LogP contribution in [0.1, 0.15) is 18.9 Å². The maximum Gasteiger partial charge on any atom is 0.353 e. The first-order chi connectivity index (χ1) is 10.6. The van der Waals surface area contributed by atoms with Crippen molar-refractivity contribution < 1.29 is 4.92 Å². The van der Waals surface area contributed by atoms with Crippen molar-refractivity contribution in [1.82, 2.24) is 9.97 Å². The molecule has 2 aromatic rings. The van der Waals surface area contributed by atoms with E-state index >= 15 is 0 Å². The summed E-state index contributed by atoms with van der Waals surface area (Å²) in [6.07, 6.45) is 2.14. The van der Waals surface area contributed by atoms with E-state index in [2.05, 4.69) is 20.6 Å². The van der Waals surface area contributed by atoms with Gasteiger partial charge in [-0.2, -0.15) is 0 Å². The first-order valence-electron chi connectivity index (χ1n) is 6.83. The van der Waals surface area contributed by atoms with E-state index in [4.69, 9.17) is 11.6 Å². The van der Waals surface area contributed by atoms with Crippen molar-refractivity contribution >= 4 is 28.9 Å². The summed E-state index contributed by atoms with van der Waals surface area (Å²) in [6.45, 7) is 2.98. The summed E-state index contributed by atoms with van der Waals surface area (Å²) >= 11 is 5.83. The maximum atomic E-state index is 11.3. The zero-order valence-electron chi connectivity index (χ0n) is 12.0. The van der Waals surface area contributed by atoms with Gasteiger partial charge in [-0.1, -0.05) is 30.7 Å². The number of anilines is 2. The fourth-order valence-electron chi connectivity index (χ4n) is 1.84. The third-order valence-corrected chi connectivity index (χ3v) is 3.17. The molecule has 116 valence electrons. The minimum Gasteiger partial charge on any atom is -0.364 e. The monoisotopic (exact) mass is 321 g/mol. The van der Waals surface area contributed by atoms with E-state index in [1.807, 2.05) is 19.1 Å². The molecule has 8 heteroatoms. The number of nitrogens with one attached hydrogen (secondary N) is 2. The molecule has 0 aliphatic carbocycles. The molecule has 2 N–H and O–H groups in total. The molecule has 0 fully saturated rings. The Morgan fingerprint density at radius 3 is 2.41 bits per heavy atom. The molecule has 2 rings (SSSR count). The average Bonchev–Trinajstić information content (AvgIpc) is 2.52. The highest BCUT2D eigenvalue weighted by Gasteiger charge is 2.22. The Kier molecular flexibility index (Phi) is 5.48. The van der Waals surface area contributed by atoms with E-state index in [-0.39, 0.29) is 17.3 Å². The molecule has 0 radical (unpaired) electrons. The van der Waals surface area contributed by atoms with Gasteiger partial charge in [-0.25, -0.2) is 9.97 Å². The molecule has 7 nitrogen and oxygen atoms in total. The first kappa shape index (κ1) is 16.0. The third-order valence-electron chi connectivity index (χ3n) is 2.92. The molecule has 1 heterocycles. The summed E-state index contributed by atoms with van der Waals surface area (Å²) in [5, 5.41) is 17.8. The minimum atomic E-state index is -0.484. The van der Waals surface area contributed by atoms with Gasteiger partial charge in [0.15, 0.2) is 0 Å². The molecule has 1 aromatic heterocycles. The Labute approximate surface area is 132 Å². The van der Waals surface area contributed by atoms with Crippen LogP contribution in [0.5, 0.6) is 0 Å². The van der Waals surface area contributed by atoms with Crippen LogP contribution in [0.25, 0.3) is 0 Å². The van der Waals surface area contributed by atoms with Gasteiger partial charge in [0.05, 0.1) is 4.92 Å². The second-order valence-corrected chi connectivity index (χ2v) is 5.02. The van der Waals surface area contributed by atoms with Crippen LogP contribution in [0.4, 0.5) is 17.3 Å². The van der Waals surface area contributed by atoms with Crippen LogP contribution in [0.3, 0.4) is 0 Å². The summed E-state index contributed by atoms with van der Waals surface area (Å²) in [5.74, 6) is 0.411. The lowest BCUT2D eigenvalue weighted by molar-refractivity contribution is -0.383.